The smallest absolute Gasteiger partial charge is 0.260 e. The van der Waals surface area contributed by atoms with Crippen LogP contribution in [0.5, 0.6) is 0 Å². The van der Waals surface area contributed by atoms with E-state index < -0.39 is 11.4 Å². The fraction of sp³-hybridized carbons (Fsp3) is 0.167. The second-order valence-electron chi connectivity index (χ2n) is 5.66. The molecular formula is C18H17ClN4O3. The highest BCUT2D eigenvalue weighted by Crippen LogP contribution is 2.26. The number of fused-ring (bicyclic) bond motifs is 1. The van der Waals surface area contributed by atoms with Gasteiger partial charge in [0.05, 0.1) is 17.2 Å². The lowest BCUT2D eigenvalue weighted by Gasteiger charge is -2.22. The molecule has 0 saturated heterocycles. The summed E-state index contributed by atoms with van der Waals surface area (Å²) >= 11 is 5.79. The Labute approximate surface area is 154 Å². The fourth-order valence-corrected chi connectivity index (χ4v) is 2.32. The van der Waals surface area contributed by atoms with Crippen LogP contribution in [-0.4, -0.2) is 21.4 Å². The first-order valence-corrected chi connectivity index (χ1v) is 8.00. The van der Waals surface area contributed by atoms with Crippen molar-refractivity contribution < 1.29 is 4.79 Å². The molecular weight excluding hydrogens is 356 g/mol. The van der Waals surface area contributed by atoms with E-state index in [1.807, 2.05) is 0 Å². The summed E-state index contributed by atoms with van der Waals surface area (Å²) in [6, 6.07) is 4.61. The Balaban J connectivity index is 2.38. The summed E-state index contributed by atoms with van der Waals surface area (Å²) in [6.07, 6.45) is 5.70. The summed E-state index contributed by atoms with van der Waals surface area (Å²) in [6.45, 7) is 6.67. The highest BCUT2D eigenvalue weighted by atomic mass is 35.5. The average Bonchev–Trinajstić information content (AvgIpc) is 2.61. The summed E-state index contributed by atoms with van der Waals surface area (Å²) < 4.78 is 0. The van der Waals surface area contributed by atoms with Crippen molar-refractivity contribution in [2.24, 2.45) is 5.18 Å². The number of hydrogen-bond acceptors (Lipinski definition) is 5. The number of aromatic nitrogens is 2. The van der Waals surface area contributed by atoms with Crippen LogP contribution in [0.15, 0.2) is 69.9 Å². The highest BCUT2D eigenvalue weighted by molar-refractivity contribution is 6.29. The van der Waals surface area contributed by atoms with Crippen molar-refractivity contribution in [2.45, 2.75) is 19.4 Å². The standard InChI is InChI=1S/C18H17ClN4O3/c1-4-12(6-5-11(2)19)18(3,23-26)17(25)22-13-7-8-14-15(9-13)20-10-21-16(14)24/h4-10H,1H2,2-3H3,(H,22,25)(H,20,21,24)/b11-5+,12-6+/t18-/m1/s1. The first-order chi connectivity index (χ1) is 12.3. The summed E-state index contributed by atoms with van der Waals surface area (Å²) in [4.78, 5) is 42.3. The number of rotatable bonds is 6. The number of nitroso groups, excluding NO2 is 1. The Bertz CT molecular complexity index is 989. The molecule has 1 amide bonds. The molecule has 0 saturated carbocycles. The number of anilines is 1. The van der Waals surface area contributed by atoms with Gasteiger partial charge in [-0.2, -0.15) is 0 Å². The summed E-state index contributed by atoms with van der Waals surface area (Å²) in [5, 5.41) is 6.48. The number of carbonyl (C=O) groups excluding carboxylic acids is 1. The van der Waals surface area contributed by atoms with E-state index in [1.165, 1.54) is 37.5 Å². The van der Waals surface area contributed by atoms with Gasteiger partial charge in [0.15, 0.2) is 0 Å². The number of H-pyrrole nitrogens is 1. The molecule has 1 aromatic carbocycles. The number of halogens is 1. The maximum absolute atomic E-state index is 12.7. The van der Waals surface area contributed by atoms with Gasteiger partial charge in [0, 0.05) is 10.7 Å². The van der Waals surface area contributed by atoms with E-state index in [-0.39, 0.29) is 5.56 Å². The third-order valence-corrected chi connectivity index (χ3v) is 3.92. The van der Waals surface area contributed by atoms with Gasteiger partial charge in [-0.3, -0.25) is 9.59 Å². The molecule has 1 atom stereocenters. The molecule has 0 aliphatic rings. The van der Waals surface area contributed by atoms with Crippen molar-refractivity contribution in [3.05, 3.63) is 75.2 Å². The summed E-state index contributed by atoms with van der Waals surface area (Å²) in [7, 11) is 0. The predicted octanol–water partition coefficient (Wildman–Crippen LogP) is 3.64. The predicted molar refractivity (Wildman–Crippen MR) is 103 cm³/mol. The van der Waals surface area contributed by atoms with Crippen molar-refractivity contribution in [3.8, 4) is 0 Å². The third-order valence-electron chi connectivity index (χ3n) is 3.80. The second-order valence-corrected chi connectivity index (χ2v) is 6.26. The van der Waals surface area contributed by atoms with Crippen LogP contribution in [0.25, 0.3) is 10.9 Å². The summed E-state index contributed by atoms with van der Waals surface area (Å²) in [5.74, 6) is -0.650. The molecule has 2 aromatic rings. The van der Waals surface area contributed by atoms with E-state index >= 15 is 0 Å². The number of nitrogens with one attached hydrogen (secondary N) is 2. The quantitative estimate of drug-likeness (QED) is 0.596. The maximum Gasteiger partial charge on any atom is 0.260 e. The molecule has 0 spiro atoms. The van der Waals surface area contributed by atoms with Gasteiger partial charge in [0.2, 0.25) is 5.54 Å². The van der Waals surface area contributed by atoms with Crippen LogP contribution in [0.1, 0.15) is 13.8 Å². The average molecular weight is 373 g/mol. The molecule has 7 nitrogen and oxygen atoms in total. The van der Waals surface area contributed by atoms with Crippen molar-refractivity contribution in [1.82, 2.24) is 9.97 Å². The fourth-order valence-electron chi connectivity index (χ4n) is 2.26. The molecule has 2 rings (SSSR count). The SMILES string of the molecule is C=C/C(=C\C=C(/C)Cl)[C@@](C)(N=O)C(=O)Nc1ccc2c(=O)[nH]cnc2c1. The number of amides is 1. The Morgan fingerprint density at radius 1 is 1.42 bits per heavy atom. The Hall–Kier alpha value is -3.06. The van der Waals surface area contributed by atoms with Crippen molar-refractivity contribution in [3.63, 3.8) is 0 Å². The highest BCUT2D eigenvalue weighted by Gasteiger charge is 2.37. The van der Waals surface area contributed by atoms with E-state index in [4.69, 9.17) is 11.6 Å². The van der Waals surface area contributed by atoms with Crippen LogP contribution in [0, 0.1) is 4.91 Å². The number of carbonyl (C=O) groups is 1. The largest absolute Gasteiger partial charge is 0.323 e. The first-order valence-electron chi connectivity index (χ1n) is 7.62. The molecule has 0 bridgehead atoms. The van der Waals surface area contributed by atoms with Gasteiger partial charge in [-0.25, -0.2) is 4.98 Å². The Morgan fingerprint density at radius 3 is 2.77 bits per heavy atom. The minimum Gasteiger partial charge on any atom is -0.323 e. The van der Waals surface area contributed by atoms with Gasteiger partial charge in [0.25, 0.3) is 11.5 Å². The minimum absolute atomic E-state index is 0.285. The van der Waals surface area contributed by atoms with E-state index in [0.29, 0.717) is 27.2 Å². The van der Waals surface area contributed by atoms with Gasteiger partial charge in [-0.05, 0) is 48.9 Å². The lowest BCUT2D eigenvalue weighted by Crippen LogP contribution is -2.39. The van der Waals surface area contributed by atoms with Crippen LogP contribution in [-0.2, 0) is 4.79 Å². The Kier molecular flexibility index (Phi) is 5.84. The van der Waals surface area contributed by atoms with E-state index in [2.05, 4.69) is 27.0 Å². The van der Waals surface area contributed by atoms with Crippen LogP contribution < -0.4 is 10.9 Å². The number of allylic oxidation sites excluding steroid dienone is 3. The van der Waals surface area contributed by atoms with Gasteiger partial charge in [-0.15, -0.1) is 4.91 Å². The maximum atomic E-state index is 12.7. The molecule has 1 aromatic heterocycles. The molecule has 0 fully saturated rings. The number of aromatic amines is 1. The van der Waals surface area contributed by atoms with Gasteiger partial charge in [0.1, 0.15) is 0 Å². The Morgan fingerprint density at radius 2 is 2.15 bits per heavy atom. The van der Waals surface area contributed by atoms with Gasteiger partial charge in [-0.1, -0.05) is 30.3 Å². The summed E-state index contributed by atoms with van der Waals surface area (Å²) in [5.41, 5.74) is -0.913. The second kappa shape index (κ2) is 7.88. The number of hydrogen-bond donors (Lipinski definition) is 2. The third kappa shape index (κ3) is 3.94. The van der Waals surface area contributed by atoms with E-state index in [1.54, 1.807) is 19.1 Å². The van der Waals surface area contributed by atoms with Crippen molar-refractivity contribution in [2.75, 3.05) is 5.32 Å². The number of benzene rings is 1. The van der Waals surface area contributed by atoms with Gasteiger partial charge < -0.3 is 10.3 Å². The number of nitrogens with zero attached hydrogens (tertiary/aromatic N) is 2. The lowest BCUT2D eigenvalue weighted by molar-refractivity contribution is -0.119. The molecule has 0 aliphatic carbocycles. The van der Waals surface area contributed by atoms with Crippen LogP contribution in [0.2, 0.25) is 0 Å². The molecule has 26 heavy (non-hydrogen) atoms. The zero-order valence-electron chi connectivity index (χ0n) is 14.2. The van der Waals surface area contributed by atoms with E-state index in [9.17, 15) is 14.5 Å². The molecule has 2 N–H and O–H groups in total. The van der Waals surface area contributed by atoms with Crippen LogP contribution >= 0.6 is 11.6 Å². The van der Waals surface area contributed by atoms with E-state index in [0.717, 1.165) is 0 Å². The molecule has 0 aliphatic heterocycles. The normalized spacial score (nSPS) is 14.6. The zero-order chi connectivity index (χ0) is 19.3. The molecule has 134 valence electrons. The monoisotopic (exact) mass is 372 g/mol. The minimum atomic E-state index is -1.71. The molecule has 1 heterocycles. The van der Waals surface area contributed by atoms with Crippen molar-refractivity contribution in [1.29, 1.82) is 0 Å². The molecule has 8 heteroatoms. The zero-order valence-corrected chi connectivity index (χ0v) is 15.0. The first kappa shape index (κ1) is 19.3. The van der Waals surface area contributed by atoms with Gasteiger partial charge >= 0.3 is 0 Å². The molecule has 0 unspecified atom stereocenters. The molecule has 0 radical (unpaired) electrons. The topological polar surface area (TPSA) is 104 Å². The van der Waals surface area contributed by atoms with Crippen LogP contribution in [0.4, 0.5) is 5.69 Å². The van der Waals surface area contributed by atoms with Crippen molar-refractivity contribution >= 4 is 34.1 Å². The lowest BCUT2D eigenvalue weighted by atomic mass is 9.91. The van der Waals surface area contributed by atoms with Crippen LogP contribution in [0.3, 0.4) is 0 Å².